The third kappa shape index (κ3) is 2.03. The third-order valence-corrected chi connectivity index (χ3v) is 3.89. The summed E-state index contributed by atoms with van der Waals surface area (Å²) in [6.07, 6.45) is 0. The fourth-order valence-electron chi connectivity index (χ4n) is 1.46. The van der Waals surface area contributed by atoms with E-state index in [2.05, 4.69) is 0 Å². The first-order valence-corrected chi connectivity index (χ1v) is 6.03. The smallest absolute Gasteiger partial charge is 0.310 e. The van der Waals surface area contributed by atoms with E-state index in [4.69, 9.17) is 28.3 Å². The standard InChI is InChI=1S/C9H7Cl2NO3S/c10-6-1-5(7(11)16-6)8(13)12-2-4(3-12)9(14)15/h1,4H,2-3H2,(H,14,15). The third-order valence-electron chi connectivity index (χ3n) is 2.41. The van der Waals surface area contributed by atoms with E-state index in [0.717, 1.165) is 11.3 Å². The molecular weight excluding hydrogens is 273 g/mol. The molecular formula is C9H7Cl2NO3S. The summed E-state index contributed by atoms with van der Waals surface area (Å²) in [5, 5.41) is 8.68. The number of thiophene rings is 1. The van der Waals surface area contributed by atoms with Gasteiger partial charge < -0.3 is 10.0 Å². The van der Waals surface area contributed by atoms with Crippen molar-refractivity contribution in [1.29, 1.82) is 0 Å². The summed E-state index contributed by atoms with van der Waals surface area (Å²) in [6, 6.07) is 1.50. The second-order valence-electron chi connectivity index (χ2n) is 3.48. The molecule has 0 aliphatic carbocycles. The lowest BCUT2D eigenvalue weighted by atomic mass is 10.00. The van der Waals surface area contributed by atoms with Crippen molar-refractivity contribution in [2.24, 2.45) is 5.92 Å². The molecule has 1 saturated heterocycles. The van der Waals surface area contributed by atoms with Crippen LogP contribution in [0.1, 0.15) is 10.4 Å². The van der Waals surface area contributed by atoms with Gasteiger partial charge in [0.2, 0.25) is 0 Å². The molecule has 1 aliphatic rings. The number of carbonyl (C=O) groups excluding carboxylic acids is 1. The molecule has 0 bridgehead atoms. The van der Waals surface area contributed by atoms with E-state index in [1.807, 2.05) is 0 Å². The fourth-order valence-corrected chi connectivity index (χ4v) is 2.90. The Kier molecular flexibility index (Phi) is 3.10. The van der Waals surface area contributed by atoms with Crippen LogP contribution < -0.4 is 0 Å². The predicted molar refractivity (Wildman–Crippen MR) is 61.4 cm³/mol. The van der Waals surface area contributed by atoms with Gasteiger partial charge in [0.05, 0.1) is 15.8 Å². The van der Waals surface area contributed by atoms with Crippen molar-refractivity contribution >= 4 is 46.4 Å². The number of halogens is 2. The van der Waals surface area contributed by atoms with Gasteiger partial charge in [-0.25, -0.2) is 0 Å². The molecule has 1 aromatic rings. The maximum Gasteiger partial charge on any atom is 0.310 e. The number of carbonyl (C=O) groups is 2. The lowest BCUT2D eigenvalue weighted by molar-refractivity contribution is -0.146. The van der Waals surface area contributed by atoms with Crippen LogP contribution in [0, 0.1) is 5.92 Å². The molecule has 1 amide bonds. The molecule has 1 aliphatic heterocycles. The number of hydrogen-bond acceptors (Lipinski definition) is 3. The molecule has 0 unspecified atom stereocenters. The van der Waals surface area contributed by atoms with Crippen molar-refractivity contribution < 1.29 is 14.7 Å². The summed E-state index contributed by atoms with van der Waals surface area (Å²) in [5.74, 6) is -1.60. The molecule has 7 heteroatoms. The molecule has 1 fully saturated rings. The molecule has 1 N–H and O–H groups in total. The molecule has 2 heterocycles. The van der Waals surface area contributed by atoms with E-state index in [1.54, 1.807) is 0 Å². The Labute approximate surface area is 105 Å². The first kappa shape index (κ1) is 11.7. The lowest BCUT2D eigenvalue weighted by Crippen LogP contribution is -2.53. The van der Waals surface area contributed by atoms with Gasteiger partial charge in [0.15, 0.2) is 0 Å². The van der Waals surface area contributed by atoms with Gasteiger partial charge in [0, 0.05) is 13.1 Å². The maximum atomic E-state index is 11.8. The quantitative estimate of drug-likeness (QED) is 0.903. The van der Waals surface area contributed by atoms with Crippen molar-refractivity contribution in [3.63, 3.8) is 0 Å². The van der Waals surface area contributed by atoms with Crippen molar-refractivity contribution in [3.05, 3.63) is 20.3 Å². The number of hydrogen-bond donors (Lipinski definition) is 1. The highest BCUT2D eigenvalue weighted by Crippen LogP contribution is 2.33. The number of amides is 1. The molecule has 4 nitrogen and oxygen atoms in total. The highest BCUT2D eigenvalue weighted by molar-refractivity contribution is 7.20. The van der Waals surface area contributed by atoms with Crippen LogP contribution in [0.15, 0.2) is 6.07 Å². The fraction of sp³-hybridized carbons (Fsp3) is 0.333. The number of likely N-dealkylation sites (tertiary alicyclic amines) is 1. The van der Waals surface area contributed by atoms with Crippen molar-refractivity contribution in [3.8, 4) is 0 Å². The Morgan fingerprint density at radius 1 is 1.44 bits per heavy atom. The Balaban J connectivity index is 2.05. The Hall–Kier alpha value is -0.780. The van der Waals surface area contributed by atoms with Crippen LogP contribution in [-0.2, 0) is 4.79 Å². The van der Waals surface area contributed by atoms with Crippen molar-refractivity contribution in [2.45, 2.75) is 0 Å². The van der Waals surface area contributed by atoms with E-state index in [0.29, 0.717) is 14.2 Å². The summed E-state index contributed by atoms with van der Waals surface area (Å²) in [6.45, 7) is 0.468. The van der Waals surface area contributed by atoms with Crippen molar-refractivity contribution in [1.82, 2.24) is 4.90 Å². The zero-order valence-corrected chi connectivity index (χ0v) is 10.3. The summed E-state index contributed by atoms with van der Waals surface area (Å²) in [4.78, 5) is 23.8. The SMILES string of the molecule is O=C(O)C1CN(C(=O)c2cc(Cl)sc2Cl)C1. The predicted octanol–water partition coefficient (Wildman–Crippen LogP) is 2.21. The van der Waals surface area contributed by atoms with Crippen LogP contribution >= 0.6 is 34.5 Å². The highest BCUT2D eigenvalue weighted by atomic mass is 35.5. The van der Waals surface area contributed by atoms with Crippen LogP contribution in [0.5, 0.6) is 0 Å². The Morgan fingerprint density at radius 2 is 2.06 bits per heavy atom. The average Bonchev–Trinajstić information content (AvgIpc) is 2.41. The normalized spacial score (nSPS) is 16.0. The topological polar surface area (TPSA) is 57.6 Å². The van der Waals surface area contributed by atoms with Crippen LogP contribution in [-0.4, -0.2) is 35.0 Å². The van der Waals surface area contributed by atoms with Crippen LogP contribution in [0.3, 0.4) is 0 Å². The molecule has 0 spiro atoms. The minimum atomic E-state index is -0.876. The maximum absolute atomic E-state index is 11.8. The molecule has 0 saturated carbocycles. The number of carboxylic acids is 1. The van der Waals surface area contributed by atoms with E-state index in [-0.39, 0.29) is 19.0 Å². The van der Waals surface area contributed by atoms with Gasteiger partial charge in [-0.2, -0.15) is 0 Å². The second kappa shape index (κ2) is 4.24. The van der Waals surface area contributed by atoms with E-state index in [9.17, 15) is 9.59 Å². The molecule has 0 atom stereocenters. The minimum Gasteiger partial charge on any atom is -0.481 e. The largest absolute Gasteiger partial charge is 0.481 e. The molecule has 16 heavy (non-hydrogen) atoms. The summed E-state index contributed by atoms with van der Waals surface area (Å²) >= 11 is 12.7. The van der Waals surface area contributed by atoms with Crippen molar-refractivity contribution in [2.75, 3.05) is 13.1 Å². The molecule has 0 radical (unpaired) electrons. The molecule has 86 valence electrons. The first-order valence-electron chi connectivity index (χ1n) is 4.46. The molecule has 0 aromatic carbocycles. The first-order chi connectivity index (χ1) is 7.49. The second-order valence-corrected chi connectivity index (χ2v) is 5.77. The van der Waals surface area contributed by atoms with Gasteiger partial charge in [0.25, 0.3) is 5.91 Å². The number of nitrogens with zero attached hydrogens (tertiary/aromatic N) is 1. The van der Waals surface area contributed by atoms with E-state index in [1.165, 1.54) is 11.0 Å². The zero-order chi connectivity index (χ0) is 11.9. The van der Waals surface area contributed by atoms with Gasteiger partial charge in [-0.15, -0.1) is 11.3 Å². The average molecular weight is 280 g/mol. The summed E-state index contributed by atoms with van der Waals surface area (Å²) in [7, 11) is 0. The minimum absolute atomic E-state index is 0.234. The highest BCUT2D eigenvalue weighted by Gasteiger charge is 2.36. The van der Waals surface area contributed by atoms with Crippen LogP contribution in [0.4, 0.5) is 0 Å². The zero-order valence-electron chi connectivity index (χ0n) is 7.94. The van der Waals surface area contributed by atoms with Crippen LogP contribution in [0.2, 0.25) is 8.67 Å². The van der Waals surface area contributed by atoms with Gasteiger partial charge in [0.1, 0.15) is 4.34 Å². The van der Waals surface area contributed by atoms with Gasteiger partial charge in [-0.3, -0.25) is 9.59 Å². The van der Waals surface area contributed by atoms with Gasteiger partial charge >= 0.3 is 5.97 Å². The van der Waals surface area contributed by atoms with Gasteiger partial charge in [-0.1, -0.05) is 23.2 Å². The number of aliphatic carboxylic acids is 1. The molecule has 1 aromatic heterocycles. The summed E-state index contributed by atoms with van der Waals surface area (Å²) < 4.78 is 0.789. The monoisotopic (exact) mass is 279 g/mol. The summed E-state index contributed by atoms with van der Waals surface area (Å²) in [5.41, 5.74) is 0.348. The van der Waals surface area contributed by atoms with Gasteiger partial charge in [-0.05, 0) is 6.07 Å². The lowest BCUT2D eigenvalue weighted by Gasteiger charge is -2.36. The van der Waals surface area contributed by atoms with Crippen LogP contribution in [0.25, 0.3) is 0 Å². The molecule has 2 rings (SSSR count). The Bertz CT molecular complexity index is 454. The number of rotatable bonds is 2. The Morgan fingerprint density at radius 3 is 2.50 bits per heavy atom. The van der Waals surface area contributed by atoms with E-state index >= 15 is 0 Å². The number of carboxylic acid groups (broad SMARTS) is 1. The van der Waals surface area contributed by atoms with E-state index < -0.39 is 11.9 Å².